The van der Waals surface area contributed by atoms with Gasteiger partial charge in [-0.1, -0.05) is 24.3 Å². The molecule has 4 heteroatoms. The summed E-state index contributed by atoms with van der Waals surface area (Å²) in [5, 5.41) is 0. The molecule has 2 aromatic rings. The van der Waals surface area contributed by atoms with Crippen molar-refractivity contribution in [2.45, 2.75) is 20.4 Å². The number of hydrogen-bond donors (Lipinski definition) is 1. The van der Waals surface area contributed by atoms with Crippen LogP contribution >= 0.6 is 0 Å². The highest BCUT2D eigenvalue weighted by Crippen LogP contribution is 2.18. The van der Waals surface area contributed by atoms with Gasteiger partial charge < -0.3 is 10.6 Å². The van der Waals surface area contributed by atoms with Crippen LogP contribution in [-0.2, 0) is 6.54 Å². The maximum Gasteiger partial charge on any atom is 0.191 e. The fourth-order valence-electron chi connectivity index (χ4n) is 2.18. The lowest BCUT2D eigenvalue weighted by atomic mass is 10.1. The second-order valence-corrected chi connectivity index (χ2v) is 4.76. The van der Waals surface area contributed by atoms with Gasteiger partial charge in [-0.25, -0.2) is 4.99 Å². The highest BCUT2D eigenvalue weighted by Gasteiger charge is 2.03. The minimum Gasteiger partial charge on any atom is -0.370 e. The highest BCUT2D eigenvalue weighted by atomic mass is 15.2. The smallest absolute Gasteiger partial charge is 0.191 e. The van der Waals surface area contributed by atoms with Crippen molar-refractivity contribution in [2.75, 3.05) is 13.1 Å². The van der Waals surface area contributed by atoms with Gasteiger partial charge in [0.15, 0.2) is 5.96 Å². The predicted octanol–water partition coefficient (Wildman–Crippen LogP) is 2.91. The second-order valence-electron chi connectivity index (χ2n) is 4.76. The molecule has 0 aliphatic carbocycles. The van der Waals surface area contributed by atoms with Gasteiger partial charge in [0, 0.05) is 24.8 Å². The van der Waals surface area contributed by atoms with E-state index in [-0.39, 0.29) is 0 Å². The van der Waals surface area contributed by atoms with E-state index in [1.165, 1.54) is 0 Å². The van der Waals surface area contributed by atoms with Crippen LogP contribution in [0.15, 0.2) is 53.7 Å². The van der Waals surface area contributed by atoms with Crippen molar-refractivity contribution < 1.29 is 0 Å². The van der Waals surface area contributed by atoms with Crippen LogP contribution in [0.5, 0.6) is 0 Å². The standard InChI is InChI=1S/C17H22N4/c1-3-21(4-2)17(18)20-13-14-8-7-9-15(12-14)16-10-5-6-11-19-16/h5-12H,3-4,13H2,1-2H3,(H2,18,20). The van der Waals surface area contributed by atoms with Gasteiger partial charge in [-0.05, 0) is 37.6 Å². The number of rotatable bonds is 5. The third-order valence-corrected chi connectivity index (χ3v) is 3.40. The molecule has 1 aromatic heterocycles. The van der Waals surface area contributed by atoms with Gasteiger partial charge >= 0.3 is 0 Å². The van der Waals surface area contributed by atoms with Crippen LogP contribution < -0.4 is 5.73 Å². The van der Waals surface area contributed by atoms with E-state index in [0.29, 0.717) is 12.5 Å². The molecule has 1 aromatic carbocycles. The lowest BCUT2D eigenvalue weighted by Gasteiger charge is -2.19. The minimum atomic E-state index is 0.586. The van der Waals surface area contributed by atoms with E-state index in [1.54, 1.807) is 6.20 Å². The first-order valence-corrected chi connectivity index (χ1v) is 7.29. The van der Waals surface area contributed by atoms with Gasteiger partial charge in [0.05, 0.1) is 12.2 Å². The van der Waals surface area contributed by atoms with E-state index in [0.717, 1.165) is 29.9 Å². The number of pyridine rings is 1. The summed E-state index contributed by atoms with van der Waals surface area (Å²) in [6, 6.07) is 14.2. The number of aromatic nitrogens is 1. The Morgan fingerprint density at radius 3 is 2.62 bits per heavy atom. The van der Waals surface area contributed by atoms with Crippen molar-refractivity contribution in [3.8, 4) is 11.3 Å². The van der Waals surface area contributed by atoms with Crippen LogP contribution in [0.3, 0.4) is 0 Å². The number of benzene rings is 1. The molecule has 0 fully saturated rings. The zero-order valence-electron chi connectivity index (χ0n) is 12.7. The van der Waals surface area contributed by atoms with Crippen LogP contribution in [0.25, 0.3) is 11.3 Å². The summed E-state index contributed by atoms with van der Waals surface area (Å²) in [5.74, 6) is 0.600. The van der Waals surface area contributed by atoms with Gasteiger partial charge in [0.25, 0.3) is 0 Å². The van der Waals surface area contributed by atoms with E-state index < -0.39 is 0 Å². The number of guanidine groups is 1. The first-order chi connectivity index (χ1) is 10.2. The zero-order chi connectivity index (χ0) is 15.1. The Bertz CT molecular complexity index is 589. The lowest BCUT2D eigenvalue weighted by Crippen LogP contribution is -2.37. The van der Waals surface area contributed by atoms with E-state index in [9.17, 15) is 0 Å². The topological polar surface area (TPSA) is 54.5 Å². The number of nitrogens with two attached hydrogens (primary N) is 1. The summed E-state index contributed by atoms with van der Waals surface area (Å²) in [6.45, 7) is 6.49. The molecular weight excluding hydrogens is 260 g/mol. The van der Waals surface area contributed by atoms with Gasteiger partial charge in [-0.2, -0.15) is 0 Å². The van der Waals surface area contributed by atoms with E-state index in [4.69, 9.17) is 5.73 Å². The number of aliphatic imine (C=N–C) groups is 1. The predicted molar refractivity (Wildman–Crippen MR) is 87.9 cm³/mol. The maximum atomic E-state index is 6.00. The molecule has 4 nitrogen and oxygen atoms in total. The Morgan fingerprint density at radius 1 is 1.14 bits per heavy atom. The first-order valence-electron chi connectivity index (χ1n) is 7.29. The average molecular weight is 282 g/mol. The Labute approximate surface area is 126 Å². The molecule has 0 spiro atoms. The average Bonchev–Trinajstić information content (AvgIpc) is 2.55. The highest BCUT2D eigenvalue weighted by molar-refractivity contribution is 5.78. The Hall–Kier alpha value is -2.36. The molecule has 0 saturated heterocycles. The van der Waals surface area contributed by atoms with E-state index in [2.05, 4.69) is 42.0 Å². The number of nitrogens with zero attached hydrogens (tertiary/aromatic N) is 3. The summed E-state index contributed by atoms with van der Waals surface area (Å²) in [4.78, 5) is 10.9. The fourth-order valence-corrected chi connectivity index (χ4v) is 2.18. The van der Waals surface area contributed by atoms with Crippen molar-refractivity contribution in [2.24, 2.45) is 10.7 Å². The molecule has 1 heterocycles. The maximum absolute atomic E-state index is 6.00. The third-order valence-electron chi connectivity index (χ3n) is 3.40. The summed E-state index contributed by atoms with van der Waals surface area (Å²) < 4.78 is 0. The van der Waals surface area contributed by atoms with E-state index in [1.807, 2.05) is 29.2 Å². The normalized spacial score (nSPS) is 11.4. The zero-order valence-corrected chi connectivity index (χ0v) is 12.7. The molecule has 0 saturated carbocycles. The van der Waals surface area contributed by atoms with Gasteiger partial charge in [-0.15, -0.1) is 0 Å². The third kappa shape index (κ3) is 4.05. The Morgan fingerprint density at radius 2 is 1.95 bits per heavy atom. The van der Waals surface area contributed by atoms with Crippen LogP contribution in [0.2, 0.25) is 0 Å². The van der Waals surface area contributed by atoms with Crippen molar-refractivity contribution in [3.63, 3.8) is 0 Å². The molecule has 0 amide bonds. The summed E-state index contributed by atoms with van der Waals surface area (Å²) in [7, 11) is 0. The molecule has 21 heavy (non-hydrogen) atoms. The largest absolute Gasteiger partial charge is 0.370 e. The van der Waals surface area contributed by atoms with Crippen LogP contribution in [-0.4, -0.2) is 28.9 Å². The first kappa shape index (κ1) is 15.0. The van der Waals surface area contributed by atoms with Gasteiger partial charge in [-0.3, -0.25) is 4.98 Å². The molecular formula is C17H22N4. The van der Waals surface area contributed by atoms with Crippen LogP contribution in [0, 0.1) is 0 Å². The molecule has 2 N–H and O–H groups in total. The molecule has 0 atom stereocenters. The monoisotopic (exact) mass is 282 g/mol. The quantitative estimate of drug-likeness (QED) is 0.677. The molecule has 0 aliphatic rings. The second kappa shape index (κ2) is 7.43. The van der Waals surface area contributed by atoms with Gasteiger partial charge in [0.1, 0.15) is 0 Å². The van der Waals surface area contributed by atoms with Crippen molar-refractivity contribution >= 4 is 5.96 Å². The molecule has 0 bridgehead atoms. The SMILES string of the molecule is CCN(CC)C(N)=NCc1cccc(-c2ccccn2)c1. The molecule has 0 unspecified atom stereocenters. The Balaban J connectivity index is 2.14. The summed E-state index contributed by atoms with van der Waals surface area (Å²) in [5.41, 5.74) is 9.21. The van der Waals surface area contributed by atoms with Crippen molar-refractivity contribution in [1.29, 1.82) is 0 Å². The summed E-state index contributed by atoms with van der Waals surface area (Å²) in [6.07, 6.45) is 1.80. The van der Waals surface area contributed by atoms with Crippen LogP contribution in [0.1, 0.15) is 19.4 Å². The molecule has 2 rings (SSSR count). The minimum absolute atomic E-state index is 0.586. The van der Waals surface area contributed by atoms with Gasteiger partial charge in [0.2, 0.25) is 0 Å². The Kier molecular flexibility index (Phi) is 5.32. The molecule has 0 radical (unpaired) electrons. The molecule has 0 aliphatic heterocycles. The van der Waals surface area contributed by atoms with E-state index >= 15 is 0 Å². The summed E-state index contributed by atoms with van der Waals surface area (Å²) >= 11 is 0. The number of hydrogen-bond acceptors (Lipinski definition) is 2. The fraction of sp³-hybridized carbons (Fsp3) is 0.294. The van der Waals surface area contributed by atoms with Crippen molar-refractivity contribution in [3.05, 3.63) is 54.2 Å². The molecule has 110 valence electrons. The lowest BCUT2D eigenvalue weighted by molar-refractivity contribution is 0.458. The van der Waals surface area contributed by atoms with Crippen LogP contribution in [0.4, 0.5) is 0 Å². The van der Waals surface area contributed by atoms with Crippen molar-refractivity contribution in [1.82, 2.24) is 9.88 Å².